The van der Waals surface area contributed by atoms with E-state index in [0.29, 0.717) is 0 Å². The third-order valence-electron chi connectivity index (χ3n) is 2.58. The number of hydrogen-bond acceptors (Lipinski definition) is 7. The first-order valence-electron chi connectivity index (χ1n) is 6.22. The molecule has 0 fully saturated rings. The summed E-state index contributed by atoms with van der Waals surface area (Å²) in [6.07, 6.45) is -8.00. The number of amides is 1. The molecule has 0 saturated heterocycles. The van der Waals surface area contributed by atoms with Gasteiger partial charge in [0, 0.05) is 20.5 Å². The predicted octanol–water partition coefficient (Wildman–Crippen LogP) is 0.904. The Labute approximate surface area is 143 Å². The van der Waals surface area contributed by atoms with Crippen molar-refractivity contribution in [1.29, 1.82) is 0 Å². The van der Waals surface area contributed by atoms with Crippen LogP contribution in [0.5, 0.6) is 0 Å². The monoisotopic (exact) mass is 416 g/mol. The molecule has 0 aromatic carbocycles. The summed E-state index contributed by atoms with van der Waals surface area (Å²) in [5, 5.41) is -5.04. The first-order chi connectivity index (χ1) is 11.4. The van der Waals surface area contributed by atoms with Crippen LogP contribution in [0.4, 0.5) is 26.3 Å². The normalized spacial score (nSPS) is 15.1. The third-order valence-corrected chi connectivity index (χ3v) is 3.52. The number of likely N-dealkylation sites (N-methyl/N-ethyl adjacent to an activating group) is 1. The number of ether oxygens (including phenoxy) is 2. The molecule has 0 aliphatic rings. The number of hydrogen-bond donors (Lipinski definition) is 0. The van der Waals surface area contributed by atoms with Crippen LogP contribution < -0.4 is 0 Å². The zero-order valence-electron chi connectivity index (χ0n) is 13.1. The van der Waals surface area contributed by atoms with E-state index in [2.05, 4.69) is 16.1 Å². The van der Waals surface area contributed by atoms with Gasteiger partial charge in [-0.1, -0.05) is 6.58 Å². The van der Waals surface area contributed by atoms with Crippen LogP contribution in [-0.2, 0) is 29.2 Å². The summed E-state index contributed by atoms with van der Waals surface area (Å²) in [4.78, 5) is 23.1. The van der Waals surface area contributed by atoms with Gasteiger partial charge in [0.05, 0.1) is 6.61 Å². The van der Waals surface area contributed by atoms with Crippen LogP contribution in [-0.4, -0.2) is 67.7 Å². The Kier molecular flexibility index (Phi) is 7.23. The fourth-order valence-corrected chi connectivity index (χ4v) is 1.65. The first-order valence-corrected chi connectivity index (χ1v) is 7.63. The molecule has 1 atom stereocenters. The molecule has 15 heteroatoms. The molecule has 0 spiro atoms. The van der Waals surface area contributed by atoms with E-state index in [0.717, 1.165) is 14.1 Å². The minimum atomic E-state index is -6.25. The highest BCUT2D eigenvalue weighted by Gasteiger charge is 2.67. The lowest BCUT2D eigenvalue weighted by Crippen LogP contribution is -2.61. The van der Waals surface area contributed by atoms with Gasteiger partial charge in [0.25, 0.3) is 0 Å². The van der Waals surface area contributed by atoms with Crippen LogP contribution in [0.1, 0.15) is 6.42 Å². The summed E-state index contributed by atoms with van der Waals surface area (Å²) in [5.41, 5.74) is 0. The number of esters is 1. The zero-order chi connectivity index (χ0) is 21.1. The van der Waals surface area contributed by atoms with E-state index < -0.39 is 58.1 Å². The lowest BCUT2D eigenvalue weighted by molar-refractivity contribution is -0.351. The number of carbonyl (C=O) groups is 2. The summed E-state index contributed by atoms with van der Waals surface area (Å²) >= 11 is 0. The van der Waals surface area contributed by atoms with Crippen LogP contribution in [0.3, 0.4) is 0 Å². The molecule has 0 saturated carbocycles. The van der Waals surface area contributed by atoms with Gasteiger partial charge in [-0.05, 0) is 0 Å². The smallest absolute Gasteiger partial charge is 0.466 e. The van der Waals surface area contributed by atoms with Gasteiger partial charge in [-0.2, -0.15) is 26.3 Å². The van der Waals surface area contributed by atoms with Crippen molar-refractivity contribution in [3.63, 3.8) is 0 Å². The van der Waals surface area contributed by atoms with Crippen LogP contribution in [0, 0.1) is 0 Å². The van der Waals surface area contributed by atoms with E-state index in [9.17, 15) is 48.9 Å². The minimum absolute atomic E-state index is 0.185. The second-order valence-corrected chi connectivity index (χ2v) is 6.30. The van der Waals surface area contributed by atoms with E-state index in [1.807, 2.05) is 0 Å². The highest BCUT2D eigenvalue weighted by molar-refractivity contribution is 7.86. The minimum Gasteiger partial charge on any atom is -0.743 e. The van der Waals surface area contributed by atoms with Gasteiger partial charge >= 0.3 is 29.1 Å². The van der Waals surface area contributed by atoms with Crippen molar-refractivity contribution in [3.05, 3.63) is 12.4 Å². The second kappa shape index (κ2) is 7.79. The molecule has 1 unspecified atom stereocenters. The Balaban J connectivity index is 5.88. The molecule has 0 bridgehead atoms. The topological polar surface area (TPSA) is 113 Å². The van der Waals surface area contributed by atoms with E-state index >= 15 is 0 Å². The first kappa shape index (κ1) is 24.1. The van der Waals surface area contributed by atoms with Crippen molar-refractivity contribution in [3.8, 4) is 0 Å². The average Bonchev–Trinajstić information content (AvgIpc) is 2.42. The molecule has 0 aromatic rings. The quantitative estimate of drug-likeness (QED) is 0.190. The van der Waals surface area contributed by atoms with Gasteiger partial charge in [0.1, 0.15) is 0 Å². The number of rotatable bonds is 8. The number of halogens is 6. The molecular weight excluding hydrogens is 404 g/mol. The van der Waals surface area contributed by atoms with Gasteiger partial charge in [-0.15, -0.1) is 0 Å². The Hall–Kier alpha value is -1.87. The van der Waals surface area contributed by atoms with E-state index in [1.54, 1.807) is 0 Å². The molecule has 26 heavy (non-hydrogen) atoms. The molecule has 1 amide bonds. The molecule has 152 valence electrons. The molecule has 0 aliphatic heterocycles. The number of nitrogens with zero attached hydrogens (tertiary/aromatic N) is 1. The third kappa shape index (κ3) is 5.31. The van der Waals surface area contributed by atoms with Crippen molar-refractivity contribution in [2.24, 2.45) is 0 Å². The zero-order valence-corrected chi connectivity index (χ0v) is 13.9. The maximum atomic E-state index is 13.3. The van der Waals surface area contributed by atoms with Crippen molar-refractivity contribution in [2.45, 2.75) is 23.6 Å². The predicted molar refractivity (Wildman–Crippen MR) is 69.0 cm³/mol. The van der Waals surface area contributed by atoms with Crippen molar-refractivity contribution in [1.82, 2.24) is 4.90 Å². The molecule has 0 heterocycles. The van der Waals surface area contributed by atoms with Crippen molar-refractivity contribution < 1.29 is 58.4 Å². The average molecular weight is 416 g/mol. The molecule has 0 N–H and O–H groups in total. The highest BCUT2D eigenvalue weighted by Crippen LogP contribution is 2.38. The second-order valence-electron chi connectivity index (χ2n) is 4.80. The molecule has 0 rings (SSSR count). The lowest BCUT2D eigenvalue weighted by atomic mass is 10.2. The van der Waals surface area contributed by atoms with Gasteiger partial charge < -0.3 is 18.9 Å². The summed E-state index contributed by atoms with van der Waals surface area (Å²) in [6, 6.07) is 0. The number of alkyl halides is 5. The van der Waals surface area contributed by atoms with E-state index in [1.165, 1.54) is 0 Å². The Morgan fingerprint density at radius 3 is 1.92 bits per heavy atom. The van der Waals surface area contributed by atoms with Crippen molar-refractivity contribution in [2.75, 3.05) is 20.7 Å². The van der Waals surface area contributed by atoms with Crippen molar-refractivity contribution >= 4 is 22.0 Å². The molecule has 0 radical (unpaired) electrons. The lowest BCUT2D eigenvalue weighted by Gasteiger charge is -2.35. The summed E-state index contributed by atoms with van der Waals surface area (Å²) < 4.78 is 117. The summed E-state index contributed by atoms with van der Waals surface area (Å²) in [7, 11) is -4.78. The van der Waals surface area contributed by atoms with Gasteiger partial charge in [0.15, 0.2) is 10.1 Å². The van der Waals surface area contributed by atoms with Crippen LogP contribution in [0.25, 0.3) is 0 Å². The van der Waals surface area contributed by atoms with Gasteiger partial charge in [-0.25, -0.2) is 13.2 Å². The van der Waals surface area contributed by atoms with E-state index in [-0.39, 0.29) is 4.90 Å². The molecule has 0 aromatic heterocycles. The Morgan fingerprint density at radius 2 is 1.62 bits per heavy atom. The summed E-state index contributed by atoms with van der Waals surface area (Å²) in [5.74, 6) is -11.2. The fraction of sp³-hybridized carbons (Fsp3) is 0.636. The maximum Gasteiger partial charge on any atom is 0.466 e. The fourth-order valence-electron chi connectivity index (χ4n) is 1.31. The SMILES string of the molecule is C=C(F)C(=O)OC(OCCC(F)(F)S(=O)(=O)[O-])(C(=O)N(C)C)C(F)(F)F. The Bertz CT molecular complexity index is 675. The van der Waals surface area contributed by atoms with Gasteiger partial charge in [0.2, 0.25) is 5.83 Å². The highest BCUT2D eigenvalue weighted by atomic mass is 32.2. The van der Waals surface area contributed by atoms with Crippen LogP contribution in [0.2, 0.25) is 0 Å². The standard InChI is InChI=1S/C11H13F6NO7S/c1-6(12)7(19)25-10(11(15,16)17,8(20)18(2)3)24-5-4-9(13,14)26(21,22)23/h1,4-5H2,2-3H3,(H,21,22,23)/p-1. The maximum absolute atomic E-state index is 13.3. The Morgan fingerprint density at radius 1 is 1.15 bits per heavy atom. The van der Waals surface area contributed by atoms with Crippen LogP contribution in [0.15, 0.2) is 12.4 Å². The van der Waals surface area contributed by atoms with Crippen LogP contribution >= 0.6 is 0 Å². The largest absolute Gasteiger partial charge is 0.743 e. The van der Waals surface area contributed by atoms with E-state index in [4.69, 9.17) is 0 Å². The van der Waals surface area contributed by atoms with Gasteiger partial charge in [-0.3, -0.25) is 4.79 Å². The molecule has 8 nitrogen and oxygen atoms in total. The summed E-state index contributed by atoms with van der Waals surface area (Å²) in [6.45, 7) is 0.472. The molecule has 0 aliphatic carbocycles. The molecular formula is C11H12F6NO7S-. The number of carbonyl (C=O) groups excluding carboxylic acids is 2.